The first kappa shape index (κ1) is 39.4. The van der Waals surface area contributed by atoms with E-state index in [2.05, 4.69) is 56.7 Å². The van der Waals surface area contributed by atoms with Gasteiger partial charge >= 0.3 is 17.1 Å². The minimum absolute atomic E-state index is 0. The summed E-state index contributed by atoms with van der Waals surface area (Å²) < 4.78 is 0. The quantitative estimate of drug-likeness (QED) is 0.0611. The van der Waals surface area contributed by atoms with E-state index >= 15 is 0 Å². The Morgan fingerprint density at radius 2 is 0.979 bits per heavy atom. The van der Waals surface area contributed by atoms with Gasteiger partial charge in [0.05, 0.1) is 46.0 Å². The third-order valence-electron chi connectivity index (χ3n) is 5.91. The topological polar surface area (TPSA) is 203 Å². The van der Waals surface area contributed by atoms with E-state index in [1.54, 1.807) is 35.9 Å². The molecule has 0 atom stereocenters. The van der Waals surface area contributed by atoms with E-state index < -0.39 is 10.2 Å². The van der Waals surface area contributed by atoms with Gasteiger partial charge in [-0.3, -0.25) is 9.97 Å². The summed E-state index contributed by atoms with van der Waals surface area (Å²) in [4.78, 5) is 46.0. The Bertz CT molecular complexity index is 1620. The van der Waals surface area contributed by atoms with Crippen molar-refractivity contribution in [3.63, 3.8) is 0 Å². The van der Waals surface area contributed by atoms with Gasteiger partial charge in [0, 0.05) is 22.2 Å². The minimum Gasteiger partial charge on any atom is -0.356 e. The average Bonchev–Trinajstić information content (AvgIpc) is 3.06. The van der Waals surface area contributed by atoms with Crippen molar-refractivity contribution in [2.75, 3.05) is 22.3 Å². The first-order valence-electron chi connectivity index (χ1n) is 13.3. The molecule has 5 aromatic rings. The summed E-state index contributed by atoms with van der Waals surface area (Å²) in [6.07, 6.45) is 7.68. The van der Waals surface area contributed by atoms with Gasteiger partial charge in [0.15, 0.2) is 0 Å². The number of para-hydroxylation sites is 2. The largest absolute Gasteiger partial charge is 2.00 e. The zero-order valence-corrected chi connectivity index (χ0v) is 28.5. The van der Waals surface area contributed by atoms with Gasteiger partial charge < -0.3 is 40.4 Å². The molecule has 253 valence electrons. The van der Waals surface area contributed by atoms with Crippen molar-refractivity contribution >= 4 is 58.4 Å². The molecule has 1 radical (unpaired) electrons. The van der Waals surface area contributed by atoms with Crippen LogP contribution in [0.3, 0.4) is 0 Å². The molecule has 5 rings (SSSR count). The molecule has 0 bridgehead atoms. The maximum Gasteiger partial charge on any atom is 2.00 e. The van der Waals surface area contributed by atoms with Crippen molar-refractivity contribution in [1.82, 2.24) is 24.9 Å². The Hall–Kier alpha value is -4.74. The standard InChI is InChI=1S/C29H26ClN7S2.Cu.2NO3/c1-38-25-15-5-3-13-23(25)36(19-21-11-7-9-17-31-21)28-33-27(30)34-29(35-28)37(20-22-12-8-10-18-32-22)24-14-4-6-16-26(24)39-2;;2*2-1(3)4/h3-18H,19-20H2,1-2H3;;;/q;+2;2*-1. The van der Waals surface area contributed by atoms with Gasteiger partial charge in [-0.2, -0.15) is 15.0 Å². The second-order valence-corrected chi connectivity index (χ2v) is 10.8. The monoisotopic (exact) mass is 758 g/mol. The number of thioether (sulfide) groups is 2. The summed E-state index contributed by atoms with van der Waals surface area (Å²) in [5.41, 5.74) is 3.68. The van der Waals surface area contributed by atoms with Crippen LogP contribution in [0, 0.1) is 30.6 Å². The predicted molar refractivity (Wildman–Crippen MR) is 182 cm³/mol. The number of nitrogens with zero attached hydrogens (tertiary/aromatic N) is 9. The van der Waals surface area contributed by atoms with Crippen LogP contribution in [0.2, 0.25) is 5.28 Å². The van der Waals surface area contributed by atoms with Gasteiger partial charge in [0.25, 0.3) is 0 Å². The van der Waals surface area contributed by atoms with E-state index in [9.17, 15) is 0 Å². The summed E-state index contributed by atoms with van der Waals surface area (Å²) >= 11 is 9.93. The SMILES string of the molecule is CSc1ccccc1N(Cc1ccccn1)c1nc(Cl)nc(N(Cc2ccccn2)c2ccccc2SC)n1.O=[N+]([O-])[O-].O=[N+]([O-])[O-].[Cu+2]. The summed E-state index contributed by atoms with van der Waals surface area (Å²) in [6, 6.07) is 28.1. The van der Waals surface area contributed by atoms with Gasteiger partial charge in [0.1, 0.15) is 0 Å². The molecule has 0 saturated heterocycles. The Balaban J connectivity index is 0.000000803. The van der Waals surface area contributed by atoms with Crippen LogP contribution in [0.5, 0.6) is 0 Å². The molecule has 19 heteroatoms. The molecule has 0 amide bonds. The molecule has 0 saturated carbocycles. The van der Waals surface area contributed by atoms with E-state index in [0.29, 0.717) is 25.0 Å². The normalized spacial score (nSPS) is 9.81. The Morgan fingerprint density at radius 1 is 0.625 bits per heavy atom. The maximum atomic E-state index is 8.25. The number of halogens is 1. The Morgan fingerprint density at radius 3 is 1.31 bits per heavy atom. The number of hydrogen-bond donors (Lipinski definition) is 0. The molecule has 0 aliphatic rings. The molecular formula is C29H26ClCuN9O6S2. The number of benzene rings is 2. The summed E-state index contributed by atoms with van der Waals surface area (Å²) in [6.45, 7) is 0.916. The number of anilines is 4. The molecule has 2 aromatic carbocycles. The molecule has 0 fully saturated rings. The number of rotatable bonds is 10. The molecule has 0 aliphatic heterocycles. The molecule has 0 aliphatic carbocycles. The molecule has 0 spiro atoms. The Kier molecular flexibility index (Phi) is 16.8. The maximum absolute atomic E-state index is 8.25. The second kappa shape index (κ2) is 20.5. The van der Waals surface area contributed by atoms with Crippen LogP contribution in [-0.2, 0) is 30.2 Å². The van der Waals surface area contributed by atoms with Crippen LogP contribution in [0.4, 0.5) is 23.3 Å². The van der Waals surface area contributed by atoms with Crippen molar-refractivity contribution in [2.24, 2.45) is 0 Å². The van der Waals surface area contributed by atoms with Crippen LogP contribution < -0.4 is 9.80 Å². The second-order valence-electron chi connectivity index (χ2n) is 8.81. The fourth-order valence-corrected chi connectivity index (χ4v) is 5.47. The van der Waals surface area contributed by atoms with E-state index in [-0.39, 0.29) is 22.4 Å². The van der Waals surface area contributed by atoms with E-state index in [0.717, 1.165) is 32.6 Å². The summed E-state index contributed by atoms with van der Waals surface area (Å²) in [5, 5.41) is 29.6. The summed E-state index contributed by atoms with van der Waals surface area (Å²) in [5.74, 6) is 0.870. The molecule has 3 aromatic heterocycles. The predicted octanol–water partition coefficient (Wildman–Crippen LogP) is 6.95. The molecule has 0 unspecified atom stereocenters. The fraction of sp³-hybridized carbons (Fsp3) is 0.138. The zero-order chi connectivity index (χ0) is 34.2. The van der Waals surface area contributed by atoms with Gasteiger partial charge in [0.2, 0.25) is 17.2 Å². The molecule has 3 heterocycles. The van der Waals surface area contributed by atoms with E-state index in [1.807, 2.05) is 70.5 Å². The molecule has 0 N–H and O–H groups in total. The van der Waals surface area contributed by atoms with E-state index in [4.69, 9.17) is 47.2 Å². The van der Waals surface area contributed by atoms with Crippen LogP contribution >= 0.6 is 35.1 Å². The van der Waals surface area contributed by atoms with Crippen molar-refractivity contribution in [3.05, 3.63) is 145 Å². The zero-order valence-electron chi connectivity index (χ0n) is 25.1. The van der Waals surface area contributed by atoms with Gasteiger partial charge in [-0.25, -0.2) is 0 Å². The van der Waals surface area contributed by atoms with Crippen molar-refractivity contribution in [1.29, 1.82) is 0 Å². The average molecular weight is 760 g/mol. The minimum atomic E-state index is -1.75. The van der Waals surface area contributed by atoms with Crippen molar-refractivity contribution < 1.29 is 27.2 Å². The summed E-state index contributed by atoms with van der Waals surface area (Å²) in [7, 11) is 0. The third-order valence-corrected chi connectivity index (χ3v) is 7.65. The van der Waals surface area contributed by atoms with Crippen LogP contribution in [0.15, 0.2) is 107 Å². The number of pyridine rings is 2. The molecule has 48 heavy (non-hydrogen) atoms. The fourth-order valence-electron chi connectivity index (χ4n) is 4.11. The molecular weight excluding hydrogens is 734 g/mol. The first-order valence-corrected chi connectivity index (χ1v) is 16.1. The van der Waals surface area contributed by atoms with Crippen LogP contribution in [-0.4, -0.2) is 47.6 Å². The van der Waals surface area contributed by atoms with Crippen LogP contribution in [0.1, 0.15) is 11.4 Å². The van der Waals surface area contributed by atoms with Gasteiger partial charge in [-0.15, -0.1) is 23.5 Å². The smallest absolute Gasteiger partial charge is 0.356 e. The Labute approximate surface area is 299 Å². The number of aromatic nitrogens is 5. The molecule has 15 nitrogen and oxygen atoms in total. The van der Waals surface area contributed by atoms with E-state index in [1.165, 1.54) is 0 Å². The van der Waals surface area contributed by atoms with Crippen LogP contribution in [0.25, 0.3) is 0 Å². The van der Waals surface area contributed by atoms with Crippen molar-refractivity contribution in [2.45, 2.75) is 22.9 Å². The third kappa shape index (κ3) is 12.5. The first-order chi connectivity index (χ1) is 22.6. The van der Waals surface area contributed by atoms with Gasteiger partial charge in [-0.05, 0) is 72.6 Å². The van der Waals surface area contributed by atoms with Gasteiger partial charge in [-0.1, -0.05) is 36.4 Å². The van der Waals surface area contributed by atoms with Crippen molar-refractivity contribution in [3.8, 4) is 0 Å². The number of hydrogen-bond acceptors (Lipinski definition) is 15.